The molecule has 0 amide bonds. The van der Waals surface area contributed by atoms with E-state index in [1.165, 1.54) is 107 Å². The van der Waals surface area contributed by atoms with Gasteiger partial charge in [0.05, 0.1) is 0 Å². The van der Waals surface area contributed by atoms with Crippen molar-refractivity contribution in [1.82, 2.24) is 0 Å². The quantitative estimate of drug-likeness (QED) is 0.158. The number of aryl methyl sites for hydroxylation is 1. The summed E-state index contributed by atoms with van der Waals surface area (Å²) in [5.41, 5.74) is 11.4. The normalized spacial score (nSPS) is 11.7. The largest absolute Gasteiger partial charge is 0.135 e. The van der Waals surface area contributed by atoms with Crippen LogP contribution in [0.25, 0.3) is 102 Å². The third kappa shape index (κ3) is 4.79. The van der Waals surface area contributed by atoms with Gasteiger partial charge in [-0.15, -0.1) is 22.7 Å². The van der Waals surface area contributed by atoms with Crippen molar-refractivity contribution in [2.75, 3.05) is 0 Å². The van der Waals surface area contributed by atoms with Crippen molar-refractivity contribution in [3.8, 4) is 44.5 Å². The zero-order valence-electron chi connectivity index (χ0n) is 28.1. The van der Waals surface area contributed by atoms with Crippen LogP contribution in [0.1, 0.15) is 10.4 Å². The molecule has 240 valence electrons. The molecule has 2 heteroatoms. The minimum atomic E-state index is 1.22. The summed E-state index contributed by atoms with van der Waals surface area (Å²) in [6.07, 6.45) is 2.03. The smallest absolute Gasteiger partial charge is 0.0361 e. The topological polar surface area (TPSA) is 0 Å². The Hall–Kier alpha value is -5.80. The molecule has 2 aromatic heterocycles. The van der Waals surface area contributed by atoms with Crippen LogP contribution in [0, 0.1) is 6.92 Å². The average molecular weight is 685 g/mol. The highest BCUT2D eigenvalue weighted by Crippen LogP contribution is 2.46. The molecule has 0 aliphatic heterocycles. The predicted molar refractivity (Wildman–Crippen MR) is 226 cm³/mol. The zero-order valence-corrected chi connectivity index (χ0v) is 29.7. The van der Waals surface area contributed by atoms with Gasteiger partial charge in [0.15, 0.2) is 0 Å². The number of benzene rings is 8. The van der Waals surface area contributed by atoms with Crippen molar-refractivity contribution in [2.24, 2.45) is 0 Å². The molecule has 0 aliphatic rings. The summed E-state index contributed by atoms with van der Waals surface area (Å²) in [7, 11) is 0. The van der Waals surface area contributed by atoms with E-state index in [9.17, 15) is 0 Å². The molecule has 2 heterocycles. The van der Waals surface area contributed by atoms with Crippen LogP contribution in [-0.2, 0) is 0 Å². The summed E-state index contributed by atoms with van der Waals surface area (Å²) in [4.78, 5) is 1.22. The van der Waals surface area contributed by atoms with E-state index in [-0.39, 0.29) is 0 Å². The van der Waals surface area contributed by atoms with Gasteiger partial charge in [0.25, 0.3) is 0 Å². The van der Waals surface area contributed by atoms with Gasteiger partial charge < -0.3 is 0 Å². The number of fused-ring (bicyclic) bond motifs is 6. The van der Waals surface area contributed by atoms with Gasteiger partial charge in [-0.05, 0) is 97.2 Å². The summed E-state index contributed by atoms with van der Waals surface area (Å²) < 4.78 is 3.95. The molecule has 0 nitrogen and oxygen atoms in total. The molecular formula is C49H32S2. The molecule has 0 unspecified atom stereocenters. The molecule has 8 aromatic carbocycles. The fourth-order valence-electron chi connectivity index (χ4n) is 8.05. The lowest BCUT2D eigenvalue weighted by Crippen LogP contribution is -1.90. The highest BCUT2D eigenvalue weighted by atomic mass is 32.1. The van der Waals surface area contributed by atoms with Crippen molar-refractivity contribution < 1.29 is 0 Å². The molecule has 0 bridgehead atoms. The van der Waals surface area contributed by atoms with Crippen LogP contribution in [0.4, 0.5) is 0 Å². The van der Waals surface area contributed by atoms with Crippen molar-refractivity contribution in [2.45, 2.75) is 6.92 Å². The molecule has 0 saturated carbocycles. The van der Waals surface area contributed by atoms with Gasteiger partial charge in [-0.25, -0.2) is 0 Å². The minimum absolute atomic E-state index is 1.22. The van der Waals surface area contributed by atoms with E-state index in [2.05, 4.69) is 171 Å². The maximum Gasteiger partial charge on any atom is 0.0361 e. The molecule has 0 fully saturated rings. The third-order valence-corrected chi connectivity index (χ3v) is 12.7. The molecule has 10 rings (SSSR count). The van der Waals surface area contributed by atoms with Crippen LogP contribution in [0.15, 0.2) is 164 Å². The number of hydrogen-bond acceptors (Lipinski definition) is 2. The van der Waals surface area contributed by atoms with E-state index >= 15 is 0 Å². The van der Waals surface area contributed by atoms with Crippen LogP contribution in [0.5, 0.6) is 0 Å². The number of thiophene rings is 2. The van der Waals surface area contributed by atoms with Crippen LogP contribution < -0.4 is 0 Å². The lowest BCUT2D eigenvalue weighted by Gasteiger charge is -2.18. The first-order valence-corrected chi connectivity index (χ1v) is 19.0. The van der Waals surface area contributed by atoms with Gasteiger partial charge >= 0.3 is 0 Å². The first kappa shape index (κ1) is 30.1. The predicted octanol–water partition coefficient (Wildman–Crippen LogP) is 15.2. The average Bonchev–Trinajstić information content (AvgIpc) is 3.74. The second-order valence-corrected chi connectivity index (χ2v) is 15.5. The second kappa shape index (κ2) is 11.9. The fraction of sp³-hybridized carbons (Fsp3) is 0.0204. The summed E-state index contributed by atoms with van der Waals surface area (Å²) in [5, 5.41) is 9.08. The lowest BCUT2D eigenvalue weighted by molar-refractivity contribution is 1.51. The van der Waals surface area contributed by atoms with Crippen molar-refractivity contribution >= 4 is 80.6 Å². The van der Waals surface area contributed by atoms with Gasteiger partial charge in [0.2, 0.25) is 0 Å². The van der Waals surface area contributed by atoms with Crippen LogP contribution >= 0.6 is 22.7 Å². The lowest BCUT2D eigenvalue weighted by atomic mass is 9.86. The Morgan fingerprint density at radius 3 is 1.57 bits per heavy atom. The molecule has 0 atom stereocenters. The molecule has 51 heavy (non-hydrogen) atoms. The Bertz CT molecular complexity index is 2920. The van der Waals surface area contributed by atoms with Gasteiger partial charge in [0.1, 0.15) is 0 Å². The van der Waals surface area contributed by atoms with Gasteiger partial charge in [-0.2, -0.15) is 0 Å². The first-order valence-electron chi connectivity index (χ1n) is 17.4. The Morgan fingerprint density at radius 2 is 0.922 bits per heavy atom. The number of rotatable bonds is 5. The van der Waals surface area contributed by atoms with E-state index in [4.69, 9.17) is 0 Å². The van der Waals surface area contributed by atoms with Gasteiger partial charge in [-0.3, -0.25) is 0 Å². The highest BCUT2D eigenvalue weighted by Gasteiger charge is 2.19. The number of hydrogen-bond donors (Lipinski definition) is 0. The Labute approximate surface area is 305 Å². The maximum absolute atomic E-state index is 4.24. The molecular weight excluding hydrogens is 653 g/mol. The Balaban J connectivity index is 1.08. The zero-order chi connectivity index (χ0) is 34.1. The third-order valence-electron chi connectivity index (χ3n) is 10.4. The fourth-order valence-corrected chi connectivity index (χ4v) is 10.3. The van der Waals surface area contributed by atoms with Gasteiger partial charge in [-0.1, -0.05) is 146 Å². The highest BCUT2D eigenvalue weighted by molar-refractivity contribution is 7.25. The van der Waals surface area contributed by atoms with E-state index in [0.717, 1.165) is 0 Å². The second-order valence-electron chi connectivity index (χ2n) is 13.3. The van der Waals surface area contributed by atoms with Crippen LogP contribution in [-0.4, -0.2) is 0 Å². The molecule has 0 N–H and O–H groups in total. The summed E-state index contributed by atoms with van der Waals surface area (Å²) in [5.74, 6) is 0. The Kier molecular flexibility index (Phi) is 7.02. The summed E-state index contributed by atoms with van der Waals surface area (Å²) in [6.45, 7) is 6.48. The molecule has 0 saturated heterocycles. The SMILES string of the molecule is C=Cc1sc2cc(-c3ccc(-c4c5ccccc5c(-c5ccccc5)c5ccccc45)cc3)ccc2c1-c1cc2sc3ccccc3c2cc1C. The minimum Gasteiger partial charge on any atom is -0.135 e. The summed E-state index contributed by atoms with van der Waals surface area (Å²) >= 11 is 3.71. The molecule has 10 aromatic rings. The summed E-state index contributed by atoms with van der Waals surface area (Å²) in [6, 6.07) is 58.1. The van der Waals surface area contributed by atoms with E-state index in [0.29, 0.717) is 0 Å². The molecule has 0 radical (unpaired) electrons. The van der Waals surface area contributed by atoms with E-state index < -0.39 is 0 Å². The van der Waals surface area contributed by atoms with Crippen molar-refractivity contribution in [3.05, 3.63) is 175 Å². The molecule has 0 aliphatic carbocycles. The van der Waals surface area contributed by atoms with E-state index in [1.54, 1.807) is 0 Å². The monoisotopic (exact) mass is 684 g/mol. The first-order chi connectivity index (χ1) is 25.2. The van der Waals surface area contributed by atoms with Crippen molar-refractivity contribution in [3.63, 3.8) is 0 Å². The van der Waals surface area contributed by atoms with Crippen LogP contribution in [0.2, 0.25) is 0 Å². The maximum atomic E-state index is 4.24. The van der Waals surface area contributed by atoms with Gasteiger partial charge in [0, 0.05) is 40.7 Å². The van der Waals surface area contributed by atoms with E-state index in [1.807, 2.05) is 28.7 Å². The van der Waals surface area contributed by atoms with Crippen LogP contribution in [0.3, 0.4) is 0 Å². The Morgan fingerprint density at radius 1 is 0.392 bits per heavy atom. The molecule has 0 spiro atoms. The standard InChI is InChI=1S/C49H32S2/c1-3-43-49(41-29-46-42(27-30(41)2)35-15-11-12-20-44(35)51-46)40-26-25-34(28-45(40)50-43)31-21-23-33(24-22-31)48-38-18-9-7-16-36(38)47(32-13-5-4-6-14-32)37-17-8-10-19-39(37)48/h3-29H,1H2,2H3. The van der Waals surface area contributed by atoms with Crippen molar-refractivity contribution in [1.29, 1.82) is 0 Å².